The Morgan fingerprint density at radius 2 is 1.97 bits per heavy atom. The van der Waals surface area contributed by atoms with Gasteiger partial charge in [-0.15, -0.1) is 0 Å². The topological polar surface area (TPSA) is 83.6 Å². The van der Waals surface area contributed by atoms with Crippen LogP contribution in [0.4, 0.5) is 17.3 Å². The van der Waals surface area contributed by atoms with Crippen molar-refractivity contribution in [2.24, 2.45) is 0 Å². The van der Waals surface area contributed by atoms with Gasteiger partial charge in [0, 0.05) is 62.4 Å². The average molecular weight is 487 g/mol. The largest absolute Gasteiger partial charge is 0.493 e. The summed E-state index contributed by atoms with van der Waals surface area (Å²) in [4.78, 5) is 11.7. The van der Waals surface area contributed by atoms with Gasteiger partial charge in [-0.1, -0.05) is 24.3 Å². The van der Waals surface area contributed by atoms with Crippen LogP contribution in [0.1, 0.15) is 12.0 Å². The van der Waals surface area contributed by atoms with Crippen LogP contribution in [0.15, 0.2) is 66.9 Å². The number of aromatic nitrogens is 2. The summed E-state index contributed by atoms with van der Waals surface area (Å²) in [6.07, 6.45) is 6.76. The lowest BCUT2D eigenvalue weighted by atomic mass is 10.1. The van der Waals surface area contributed by atoms with Crippen LogP contribution in [0, 0.1) is 0 Å². The maximum Gasteiger partial charge on any atom is 0.227 e. The highest BCUT2D eigenvalue weighted by molar-refractivity contribution is 5.66. The van der Waals surface area contributed by atoms with E-state index in [4.69, 9.17) is 14.5 Å². The molecule has 3 heterocycles. The van der Waals surface area contributed by atoms with E-state index in [1.807, 2.05) is 30.3 Å². The Labute approximate surface area is 212 Å². The van der Waals surface area contributed by atoms with Crippen molar-refractivity contribution in [3.8, 4) is 17.0 Å². The van der Waals surface area contributed by atoms with E-state index in [0.717, 1.165) is 79.6 Å². The third-order valence-corrected chi connectivity index (χ3v) is 6.20. The van der Waals surface area contributed by atoms with Crippen LogP contribution in [0.25, 0.3) is 11.3 Å². The van der Waals surface area contributed by atoms with Crippen molar-refractivity contribution in [2.75, 3.05) is 63.1 Å². The monoisotopic (exact) mass is 486 g/mol. The predicted octanol–water partition coefficient (Wildman–Crippen LogP) is 4.06. The fourth-order valence-electron chi connectivity index (χ4n) is 4.37. The van der Waals surface area contributed by atoms with E-state index in [1.165, 1.54) is 0 Å². The van der Waals surface area contributed by atoms with Crippen molar-refractivity contribution in [1.82, 2.24) is 20.2 Å². The van der Waals surface area contributed by atoms with E-state index in [1.54, 1.807) is 6.20 Å². The fourth-order valence-corrected chi connectivity index (χ4v) is 4.37. The summed E-state index contributed by atoms with van der Waals surface area (Å²) in [5.41, 5.74) is 4.90. The first-order valence-electron chi connectivity index (χ1n) is 12.7. The molecule has 1 aromatic heterocycles. The Morgan fingerprint density at radius 1 is 1.03 bits per heavy atom. The van der Waals surface area contributed by atoms with Crippen LogP contribution in [-0.4, -0.2) is 67.4 Å². The van der Waals surface area contributed by atoms with Gasteiger partial charge in [0.05, 0.1) is 25.5 Å². The Morgan fingerprint density at radius 3 is 2.92 bits per heavy atom. The normalized spacial score (nSPS) is 17.7. The predicted molar refractivity (Wildman–Crippen MR) is 144 cm³/mol. The molecule has 2 aliphatic rings. The highest BCUT2D eigenvalue weighted by atomic mass is 16.5. The minimum atomic E-state index is 0.522. The molecule has 0 unspecified atom stereocenters. The number of fused-ring (bicyclic) bond motifs is 7. The number of nitrogens with zero attached hydrogens (tertiary/aromatic N) is 3. The molecule has 0 aliphatic carbocycles. The van der Waals surface area contributed by atoms with Gasteiger partial charge in [-0.25, -0.2) is 9.97 Å². The van der Waals surface area contributed by atoms with Gasteiger partial charge in [0.2, 0.25) is 5.95 Å². The molecule has 1 saturated heterocycles. The highest BCUT2D eigenvalue weighted by Gasteiger charge is 2.10. The van der Waals surface area contributed by atoms with Gasteiger partial charge in [0.25, 0.3) is 0 Å². The maximum atomic E-state index is 5.92. The fraction of sp³-hybridized carbons (Fsp3) is 0.357. The number of nitrogens with one attached hydrogen (secondary N) is 3. The second-order valence-electron chi connectivity index (χ2n) is 8.98. The van der Waals surface area contributed by atoms with Crippen molar-refractivity contribution in [2.45, 2.75) is 13.0 Å². The molecular weight excluding hydrogens is 452 g/mol. The summed E-state index contributed by atoms with van der Waals surface area (Å²) in [5, 5.41) is 10.4. The average Bonchev–Trinajstić information content (AvgIpc) is 2.91. The third kappa shape index (κ3) is 7.04. The Balaban J connectivity index is 1.36. The summed E-state index contributed by atoms with van der Waals surface area (Å²) in [6, 6.07) is 16.3. The summed E-state index contributed by atoms with van der Waals surface area (Å²) in [7, 11) is 0. The lowest BCUT2D eigenvalue weighted by molar-refractivity contribution is 0.148. The van der Waals surface area contributed by atoms with Crippen molar-refractivity contribution < 1.29 is 9.47 Å². The van der Waals surface area contributed by atoms with Crippen LogP contribution < -0.4 is 20.7 Å². The molecule has 3 N–H and O–H groups in total. The molecule has 8 heteroatoms. The zero-order valence-corrected chi connectivity index (χ0v) is 20.6. The molecule has 36 heavy (non-hydrogen) atoms. The third-order valence-electron chi connectivity index (χ3n) is 6.20. The standard InChI is InChI=1S/C28H34N6O2/c1-2-15-35-21-22-17-24(30-11-14-34-12-9-29-10-13-34)20-25(18-22)32-28-31-8-7-27(33-28)23-5-4-6-26(19-23)36-16-3-1/h1-2,4-8,17-20,29-30H,3,9-16,21H2,(H,31,32,33)/b2-1+. The van der Waals surface area contributed by atoms with Crippen LogP contribution >= 0.6 is 0 Å². The summed E-state index contributed by atoms with van der Waals surface area (Å²) < 4.78 is 11.8. The van der Waals surface area contributed by atoms with E-state index in [9.17, 15) is 0 Å². The number of anilines is 3. The number of hydrogen-bond donors (Lipinski definition) is 3. The van der Waals surface area contributed by atoms with Gasteiger partial charge in [-0.05, 0) is 48.4 Å². The molecule has 0 radical (unpaired) electrons. The van der Waals surface area contributed by atoms with Gasteiger partial charge >= 0.3 is 0 Å². The number of ether oxygens (including phenoxy) is 2. The first kappa shape index (κ1) is 24.2. The van der Waals surface area contributed by atoms with E-state index in [-0.39, 0.29) is 0 Å². The molecule has 0 atom stereocenters. The van der Waals surface area contributed by atoms with Crippen molar-refractivity contribution in [3.05, 3.63) is 72.4 Å². The van der Waals surface area contributed by atoms with Gasteiger partial charge in [-0.3, -0.25) is 4.90 Å². The van der Waals surface area contributed by atoms with Crippen LogP contribution in [0.5, 0.6) is 5.75 Å². The van der Waals surface area contributed by atoms with Gasteiger partial charge in [0.1, 0.15) is 5.75 Å². The minimum absolute atomic E-state index is 0.522. The number of benzene rings is 2. The number of piperazine rings is 1. The molecule has 8 nitrogen and oxygen atoms in total. The van der Waals surface area contributed by atoms with Crippen molar-refractivity contribution in [3.63, 3.8) is 0 Å². The van der Waals surface area contributed by atoms with Crippen molar-refractivity contribution in [1.29, 1.82) is 0 Å². The van der Waals surface area contributed by atoms with E-state index in [0.29, 0.717) is 25.8 Å². The molecule has 5 rings (SSSR count). The van der Waals surface area contributed by atoms with Crippen LogP contribution in [0.2, 0.25) is 0 Å². The molecule has 0 spiro atoms. The van der Waals surface area contributed by atoms with E-state index in [2.05, 4.69) is 56.2 Å². The Hall–Kier alpha value is -3.46. The van der Waals surface area contributed by atoms with Gasteiger partial charge in [-0.2, -0.15) is 0 Å². The van der Waals surface area contributed by atoms with Gasteiger partial charge in [0.15, 0.2) is 0 Å². The second kappa shape index (κ2) is 12.5. The van der Waals surface area contributed by atoms with Gasteiger partial charge < -0.3 is 25.4 Å². The molecule has 1 fully saturated rings. The first-order chi connectivity index (χ1) is 17.8. The van der Waals surface area contributed by atoms with E-state index >= 15 is 0 Å². The highest BCUT2D eigenvalue weighted by Crippen LogP contribution is 2.26. The van der Waals surface area contributed by atoms with Crippen LogP contribution in [0.3, 0.4) is 0 Å². The maximum absolute atomic E-state index is 5.92. The summed E-state index contributed by atoms with van der Waals surface area (Å²) in [5.74, 6) is 1.38. The molecule has 6 bridgehead atoms. The minimum Gasteiger partial charge on any atom is -0.493 e. The lowest BCUT2D eigenvalue weighted by Gasteiger charge is -2.27. The molecule has 2 aromatic carbocycles. The molecule has 0 amide bonds. The number of hydrogen-bond acceptors (Lipinski definition) is 8. The molecule has 2 aliphatic heterocycles. The molecule has 3 aromatic rings. The quantitative estimate of drug-likeness (QED) is 0.476. The zero-order valence-electron chi connectivity index (χ0n) is 20.6. The first-order valence-corrected chi connectivity index (χ1v) is 12.7. The Bertz CT molecular complexity index is 1160. The number of rotatable bonds is 4. The van der Waals surface area contributed by atoms with E-state index < -0.39 is 0 Å². The zero-order chi connectivity index (χ0) is 24.4. The summed E-state index contributed by atoms with van der Waals surface area (Å²) >= 11 is 0. The lowest BCUT2D eigenvalue weighted by Crippen LogP contribution is -2.45. The molecule has 188 valence electrons. The smallest absolute Gasteiger partial charge is 0.227 e. The Kier molecular flexibility index (Phi) is 8.41. The molecule has 0 saturated carbocycles. The second-order valence-corrected chi connectivity index (χ2v) is 8.98. The van der Waals surface area contributed by atoms with Crippen molar-refractivity contribution >= 4 is 17.3 Å². The van der Waals surface area contributed by atoms with Crippen LogP contribution in [-0.2, 0) is 11.3 Å². The SMILES string of the molecule is C1=C/COCc2cc(NCCN3CCNCC3)cc(c2)Nc2nccc(n2)-c2cccc(c2)OCC/1. The molecular formula is C28H34N6O2. The summed E-state index contributed by atoms with van der Waals surface area (Å²) in [6.45, 7) is 7.91.